The Balaban J connectivity index is 2.34. The molecule has 0 aromatic carbocycles. The standard InChI is InChI=1S/C8H12F3NO3/c9-8(10,11)1-2-12-3-4-15-6(5-12)7(13)14/h6H,1-5H2,(H,13,14). The normalized spacial score (nSPS) is 24.1. The molecule has 0 spiro atoms. The van der Waals surface area contributed by atoms with Gasteiger partial charge in [0.25, 0.3) is 0 Å². The van der Waals surface area contributed by atoms with Gasteiger partial charge in [-0.05, 0) is 0 Å². The van der Waals surface area contributed by atoms with Gasteiger partial charge >= 0.3 is 12.1 Å². The van der Waals surface area contributed by atoms with E-state index in [1.807, 2.05) is 0 Å². The van der Waals surface area contributed by atoms with Gasteiger partial charge < -0.3 is 9.84 Å². The maximum atomic E-state index is 11.9. The van der Waals surface area contributed by atoms with E-state index in [-0.39, 0.29) is 19.7 Å². The summed E-state index contributed by atoms with van der Waals surface area (Å²) < 4.78 is 40.6. The topological polar surface area (TPSA) is 49.8 Å². The van der Waals surface area contributed by atoms with E-state index in [9.17, 15) is 18.0 Å². The minimum atomic E-state index is -4.20. The third kappa shape index (κ3) is 4.48. The number of aliphatic carboxylic acids is 1. The number of carboxylic acids is 1. The molecule has 1 atom stereocenters. The summed E-state index contributed by atoms with van der Waals surface area (Å²) in [4.78, 5) is 12.0. The van der Waals surface area contributed by atoms with Gasteiger partial charge in [0, 0.05) is 19.6 Å². The quantitative estimate of drug-likeness (QED) is 0.772. The summed E-state index contributed by atoms with van der Waals surface area (Å²) in [6, 6.07) is 0. The van der Waals surface area contributed by atoms with Crippen molar-refractivity contribution < 1.29 is 27.8 Å². The van der Waals surface area contributed by atoms with E-state index in [4.69, 9.17) is 9.84 Å². The molecular weight excluding hydrogens is 215 g/mol. The molecule has 7 heteroatoms. The molecule has 1 heterocycles. The highest BCUT2D eigenvalue weighted by Gasteiger charge is 2.31. The first kappa shape index (κ1) is 12.3. The van der Waals surface area contributed by atoms with Crippen molar-refractivity contribution in [3.63, 3.8) is 0 Å². The van der Waals surface area contributed by atoms with E-state index < -0.39 is 24.7 Å². The van der Waals surface area contributed by atoms with Crippen LogP contribution in [0.4, 0.5) is 13.2 Å². The van der Waals surface area contributed by atoms with Crippen LogP contribution in [0.2, 0.25) is 0 Å². The van der Waals surface area contributed by atoms with Crippen LogP contribution in [-0.2, 0) is 9.53 Å². The van der Waals surface area contributed by atoms with E-state index in [0.29, 0.717) is 6.54 Å². The highest BCUT2D eigenvalue weighted by atomic mass is 19.4. The van der Waals surface area contributed by atoms with Crippen LogP contribution < -0.4 is 0 Å². The Bertz CT molecular complexity index is 232. The number of hydrogen-bond donors (Lipinski definition) is 1. The molecule has 1 saturated heterocycles. The summed E-state index contributed by atoms with van der Waals surface area (Å²) in [5.74, 6) is -1.13. The van der Waals surface area contributed by atoms with Crippen LogP contribution in [0, 0.1) is 0 Å². The van der Waals surface area contributed by atoms with Crippen molar-refractivity contribution in [2.24, 2.45) is 0 Å². The molecule has 0 aromatic heterocycles. The van der Waals surface area contributed by atoms with Gasteiger partial charge in [-0.2, -0.15) is 13.2 Å². The molecule has 0 amide bonds. The fourth-order valence-electron chi connectivity index (χ4n) is 1.34. The predicted molar refractivity (Wildman–Crippen MR) is 44.5 cm³/mol. The Morgan fingerprint density at radius 3 is 2.73 bits per heavy atom. The number of carboxylic acid groups (broad SMARTS) is 1. The Labute approximate surface area is 84.6 Å². The average Bonchev–Trinajstić information content (AvgIpc) is 2.14. The van der Waals surface area contributed by atoms with E-state index in [1.54, 1.807) is 0 Å². The van der Waals surface area contributed by atoms with E-state index in [0.717, 1.165) is 0 Å². The summed E-state index contributed by atoms with van der Waals surface area (Å²) in [6.45, 7) is 0.358. The van der Waals surface area contributed by atoms with Crippen molar-refractivity contribution in [1.82, 2.24) is 4.90 Å². The van der Waals surface area contributed by atoms with E-state index >= 15 is 0 Å². The van der Waals surface area contributed by atoms with Crippen LogP contribution in [0.25, 0.3) is 0 Å². The first-order chi connectivity index (χ1) is 6.88. The van der Waals surface area contributed by atoms with Gasteiger partial charge in [-0.3, -0.25) is 4.90 Å². The van der Waals surface area contributed by atoms with Crippen molar-refractivity contribution in [2.75, 3.05) is 26.2 Å². The highest BCUT2D eigenvalue weighted by Crippen LogP contribution is 2.20. The molecule has 0 aromatic rings. The molecule has 88 valence electrons. The Morgan fingerprint density at radius 2 is 2.20 bits per heavy atom. The Morgan fingerprint density at radius 1 is 1.53 bits per heavy atom. The third-order valence-electron chi connectivity index (χ3n) is 2.14. The van der Waals surface area contributed by atoms with E-state index in [1.165, 1.54) is 4.90 Å². The van der Waals surface area contributed by atoms with Gasteiger partial charge in [0.05, 0.1) is 13.0 Å². The summed E-state index contributed by atoms with van der Waals surface area (Å²) in [5, 5.41) is 8.61. The number of halogens is 3. The van der Waals surface area contributed by atoms with Crippen LogP contribution in [-0.4, -0.2) is 54.5 Å². The van der Waals surface area contributed by atoms with Crippen LogP contribution >= 0.6 is 0 Å². The maximum absolute atomic E-state index is 11.9. The smallest absolute Gasteiger partial charge is 0.390 e. The number of carbonyl (C=O) groups is 1. The predicted octanol–water partition coefficient (Wildman–Crippen LogP) is 0.724. The zero-order valence-electron chi connectivity index (χ0n) is 7.96. The second-order valence-electron chi connectivity index (χ2n) is 3.36. The molecule has 4 nitrogen and oxygen atoms in total. The van der Waals surface area contributed by atoms with Crippen LogP contribution in [0.5, 0.6) is 0 Å². The van der Waals surface area contributed by atoms with Gasteiger partial charge in [-0.15, -0.1) is 0 Å². The third-order valence-corrected chi connectivity index (χ3v) is 2.14. The second kappa shape index (κ2) is 4.80. The number of hydrogen-bond acceptors (Lipinski definition) is 3. The molecule has 1 aliphatic heterocycles. The molecule has 1 fully saturated rings. The summed E-state index contributed by atoms with van der Waals surface area (Å²) >= 11 is 0. The van der Waals surface area contributed by atoms with Gasteiger partial charge in [0.1, 0.15) is 0 Å². The molecule has 1 aliphatic rings. The molecule has 0 bridgehead atoms. The summed E-state index contributed by atoms with van der Waals surface area (Å²) in [6.07, 6.45) is -6.12. The molecule has 1 N–H and O–H groups in total. The number of alkyl halides is 3. The van der Waals surface area contributed by atoms with Gasteiger partial charge in [-0.25, -0.2) is 4.79 Å². The highest BCUT2D eigenvalue weighted by molar-refractivity contribution is 5.72. The lowest BCUT2D eigenvalue weighted by atomic mass is 10.2. The molecule has 0 radical (unpaired) electrons. The van der Waals surface area contributed by atoms with Crippen LogP contribution in [0.3, 0.4) is 0 Å². The Kier molecular flexibility index (Phi) is 3.92. The van der Waals surface area contributed by atoms with Crippen molar-refractivity contribution in [2.45, 2.75) is 18.7 Å². The number of ether oxygens (including phenoxy) is 1. The zero-order valence-corrected chi connectivity index (χ0v) is 7.96. The summed E-state index contributed by atoms with van der Waals surface area (Å²) in [7, 11) is 0. The van der Waals surface area contributed by atoms with Crippen LogP contribution in [0.1, 0.15) is 6.42 Å². The second-order valence-corrected chi connectivity index (χ2v) is 3.36. The SMILES string of the molecule is O=C(O)C1CN(CCC(F)(F)F)CCO1. The lowest BCUT2D eigenvalue weighted by Crippen LogP contribution is -2.46. The number of nitrogens with zero attached hydrogens (tertiary/aromatic N) is 1. The minimum absolute atomic E-state index is 0.0193. The van der Waals surface area contributed by atoms with Gasteiger partial charge in [-0.1, -0.05) is 0 Å². The zero-order chi connectivity index (χ0) is 11.5. The fourth-order valence-corrected chi connectivity index (χ4v) is 1.34. The largest absolute Gasteiger partial charge is 0.479 e. The fraction of sp³-hybridized carbons (Fsp3) is 0.875. The molecular formula is C8H12F3NO3. The Hall–Kier alpha value is -0.820. The molecule has 0 aliphatic carbocycles. The lowest BCUT2D eigenvalue weighted by Gasteiger charge is -2.30. The van der Waals surface area contributed by atoms with Gasteiger partial charge in [0.15, 0.2) is 6.10 Å². The lowest BCUT2D eigenvalue weighted by molar-refractivity contribution is -0.159. The van der Waals surface area contributed by atoms with Crippen molar-refractivity contribution in [3.8, 4) is 0 Å². The molecule has 0 saturated carbocycles. The maximum Gasteiger partial charge on any atom is 0.390 e. The number of morpholine rings is 1. The van der Waals surface area contributed by atoms with Crippen molar-refractivity contribution in [3.05, 3.63) is 0 Å². The number of rotatable bonds is 3. The van der Waals surface area contributed by atoms with Crippen molar-refractivity contribution in [1.29, 1.82) is 0 Å². The first-order valence-corrected chi connectivity index (χ1v) is 4.52. The van der Waals surface area contributed by atoms with Gasteiger partial charge in [0.2, 0.25) is 0 Å². The molecule has 15 heavy (non-hydrogen) atoms. The average molecular weight is 227 g/mol. The van der Waals surface area contributed by atoms with E-state index in [2.05, 4.69) is 0 Å². The first-order valence-electron chi connectivity index (χ1n) is 4.52. The molecule has 1 rings (SSSR count). The minimum Gasteiger partial charge on any atom is -0.479 e. The monoisotopic (exact) mass is 227 g/mol. The summed E-state index contributed by atoms with van der Waals surface area (Å²) in [5.41, 5.74) is 0. The van der Waals surface area contributed by atoms with Crippen molar-refractivity contribution >= 4 is 5.97 Å². The van der Waals surface area contributed by atoms with Crippen LogP contribution in [0.15, 0.2) is 0 Å². The molecule has 1 unspecified atom stereocenters.